The minimum Gasteiger partial charge on any atom is -0.481 e. The second kappa shape index (κ2) is 15.6. The topological polar surface area (TPSA) is 104 Å². The fourth-order valence-electron chi connectivity index (χ4n) is 2.23. The third-order valence-electron chi connectivity index (χ3n) is 3.92. The van der Waals surface area contributed by atoms with Gasteiger partial charge in [0.1, 0.15) is 5.70 Å². The summed E-state index contributed by atoms with van der Waals surface area (Å²) in [4.78, 5) is 33.2. The molecule has 0 rings (SSSR count). The molecule has 0 spiro atoms. The van der Waals surface area contributed by atoms with E-state index in [0.29, 0.717) is 5.75 Å². The van der Waals surface area contributed by atoms with Crippen molar-refractivity contribution in [2.24, 2.45) is 0 Å². The Labute approximate surface area is 177 Å². The van der Waals surface area contributed by atoms with Gasteiger partial charge in [-0.1, -0.05) is 34.9 Å². The molecule has 0 bridgehead atoms. The number of carboxylic acid groups (broad SMARTS) is 2. The van der Waals surface area contributed by atoms with Crippen LogP contribution < -0.4 is 5.32 Å². The van der Waals surface area contributed by atoms with Crippen molar-refractivity contribution >= 4 is 29.6 Å². The summed E-state index contributed by atoms with van der Waals surface area (Å²) in [6.07, 6.45) is 10.0. The van der Waals surface area contributed by atoms with Gasteiger partial charge in [0.25, 0.3) is 0 Å². The fraction of sp³-hybridized carbons (Fsp3) is 0.500. The van der Waals surface area contributed by atoms with Crippen LogP contribution in [0.5, 0.6) is 0 Å². The van der Waals surface area contributed by atoms with Crippen molar-refractivity contribution in [3.63, 3.8) is 0 Å². The maximum Gasteiger partial charge on any atom is 0.352 e. The second-order valence-electron chi connectivity index (χ2n) is 7.07. The molecule has 0 atom stereocenters. The summed E-state index contributed by atoms with van der Waals surface area (Å²) < 4.78 is 0. The van der Waals surface area contributed by atoms with Gasteiger partial charge in [-0.2, -0.15) is 0 Å². The van der Waals surface area contributed by atoms with Crippen molar-refractivity contribution < 1.29 is 24.6 Å². The lowest BCUT2D eigenvalue weighted by Gasteiger charge is -2.05. The summed E-state index contributed by atoms with van der Waals surface area (Å²) in [5.41, 5.74) is 3.71. The minimum atomic E-state index is -1.25. The Kier molecular flexibility index (Phi) is 14.4. The molecule has 0 saturated carbocycles. The van der Waals surface area contributed by atoms with Crippen molar-refractivity contribution in [3.05, 3.63) is 46.1 Å². The van der Waals surface area contributed by atoms with E-state index in [1.54, 1.807) is 0 Å². The Balaban J connectivity index is 4.37. The quantitative estimate of drug-likeness (QED) is 0.205. The smallest absolute Gasteiger partial charge is 0.352 e. The molecular formula is C22H33NO5S. The highest BCUT2D eigenvalue weighted by molar-refractivity contribution is 8.02. The summed E-state index contributed by atoms with van der Waals surface area (Å²) in [5, 5.41) is 21.3. The van der Waals surface area contributed by atoms with Gasteiger partial charge in [0.15, 0.2) is 0 Å². The van der Waals surface area contributed by atoms with E-state index in [4.69, 9.17) is 10.2 Å². The molecule has 0 unspecified atom stereocenters. The van der Waals surface area contributed by atoms with Crippen molar-refractivity contribution in [2.45, 2.75) is 66.2 Å². The molecule has 0 aliphatic rings. The Morgan fingerprint density at radius 2 is 1.41 bits per heavy atom. The number of rotatable bonds is 14. The molecule has 0 heterocycles. The molecule has 1 amide bonds. The minimum absolute atomic E-state index is 0.244. The van der Waals surface area contributed by atoms with E-state index in [1.165, 1.54) is 33.9 Å². The molecular weight excluding hydrogens is 390 g/mol. The molecule has 0 fully saturated rings. The molecule has 0 aliphatic heterocycles. The average Bonchev–Trinajstić information content (AvgIpc) is 2.61. The van der Waals surface area contributed by atoms with Crippen LogP contribution in [0, 0.1) is 0 Å². The Morgan fingerprint density at radius 3 is 1.97 bits per heavy atom. The summed E-state index contributed by atoms with van der Waals surface area (Å²) in [6.45, 7) is 8.40. The highest BCUT2D eigenvalue weighted by atomic mass is 32.2. The van der Waals surface area contributed by atoms with Gasteiger partial charge in [0, 0.05) is 17.6 Å². The third-order valence-corrected chi connectivity index (χ3v) is 4.68. The van der Waals surface area contributed by atoms with Crippen LogP contribution in [-0.4, -0.2) is 33.8 Å². The van der Waals surface area contributed by atoms with Crippen LogP contribution in [0.25, 0.3) is 0 Å². The number of amides is 1. The van der Waals surface area contributed by atoms with Crippen LogP contribution >= 0.6 is 11.8 Å². The first-order valence-electron chi connectivity index (χ1n) is 9.63. The lowest BCUT2D eigenvalue weighted by atomic mass is 10.1. The zero-order valence-electron chi connectivity index (χ0n) is 17.8. The largest absolute Gasteiger partial charge is 0.481 e. The zero-order chi connectivity index (χ0) is 22.2. The lowest BCUT2D eigenvalue weighted by molar-refractivity contribution is -0.138. The molecule has 0 aromatic heterocycles. The van der Waals surface area contributed by atoms with Crippen LogP contribution in [0.3, 0.4) is 0 Å². The zero-order valence-corrected chi connectivity index (χ0v) is 18.6. The first-order valence-corrected chi connectivity index (χ1v) is 10.7. The van der Waals surface area contributed by atoms with Gasteiger partial charge in [-0.25, -0.2) is 4.79 Å². The summed E-state index contributed by atoms with van der Waals surface area (Å²) in [6, 6.07) is 0. The standard InChI is InChI=1S/C22H33NO5S/c1-16(2)7-5-8-17(3)9-6-10-18(4)13-14-29-15-19(22(27)28)23-20(24)11-12-21(25)26/h7,9,13,15H,5-6,8,10-12,14H2,1-4H3,(H,23,24)(H,25,26)(H,27,28)/b17-9+,18-13+,19-15+. The van der Waals surface area contributed by atoms with Gasteiger partial charge >= 0.3 is 11.9 Å². The van der Waals surface area contributed by atoms with Gasteiger partial charge in [0.2, 0.25) is 5.91 Å². The Morgan fingerprint density at radius 1 is 0.828 bits per heavy atom. The molecule has 0 aliphatic carbocycles. The van der Waals surface area contributed by atoms with Crippen LogP contribution in [0.15, 0.2) is 46.1 Å². The SMILES string of the molecule is CC(C)=CCC/C(C)=C/CC/C(C)=C/CS/C=C(/NC(=O)CCC(=O)O)C(=O)O. The number of nitrogens with one attached hydrogen (secondary N) is 1. The lowest BCUT2D eigenvalue weighted by Crippen LogP contribution is -2.27. The number of hydrogen-bond acceptors (Lipinski definition) is 4. The van der Waals surface area contributed by atoms with Crippen molar-refractivity contribution in [2.75, 3.05) is 5.75 Å². The van der Waals surface area contributed by atoms with Gasteiger partial charge in [-0.15, -0.1) is 11.8 Å². The van der Waals surface area contributed by atoms with Gasteiger partial charge in [0.05, 0.1) is 6.42 Å². The van der Waals surface area contributed by atoms with E-state index in [1.807, 2.05) is 13.0 Å². The molecule has 0 radical (unpaired) electrons. The highest BCUT2D eigenvalue weighted by Gasteiger charge is 2.12. The number of hydrogen-bond donors (Lipinski definition) is 3. The van der Waals surface area contributed by atoms with Crippen LogP contribution in [0.4, 0.5) is 0 Å². The third kappa shape index (κ3) is 16.4. The van der Waals surface area contributed by atoms with E-state index in [2.05, 4.69) is 38.2 Å². The van der Waals surface area contributed by atoms with E-state index in [9.17, 15) is 14.4 Å². The monoisotopic (exact) mass is 423 g/mol. The number of thioether (sulfide) groups is 1. The fourth-order valence-corrected chi connectivity index (χ4v) is 3.03. The Hall–Kier alpha value is -2.28. The molecule has 0 saturated heterocycles. The van der Waals surface area contributed by atoms with Gasteiger partial charge in [-0.05, 0) is 53.4 Å². The predicted octanol–water partition coefficient (Wildman–Crippen LogP) is 5.05. The van der Waals surface area contributed by atoms with E-state index < -0.39 is 17.8 Å². The number of aliphatic carboxylic acids is 2. The highest BCUT2D eigenvalue weighted by Crippen LogP contribution is 2.13. The van der Waals surface area contributed by atoms with E-state index in [0.717, 1.165) is 25.7 Å². The summed E-state index contributed by atoms with van der Waals surface area (Å²) in [5.74, 6) is -2.39. The first-order chi connectivity index (χ1) is 13.6. The number of carbonyl (C=O) groups excluding carboxylic acids is 1. The molecule has 162 valence electrons. The normalized spacial score (nSPS) is 12.5. The van der Waals surface area contributed by atoms with Crippen LogP contribution in [-0.2, 0) is 14.4 Å². The number of carboxylic acids is 2. The first kappa shape index (κ1) is 26.7. The van der Waals surface area contributed by atoms with E-state index >= 15 is 0 Å². The summed E-state index contributed by atoms with van der Waals surface area (Å²) >= 11 is 1.27. The second-order valence-corrected chi connectivity index (χ2v) is 7.97. The summed E-state index contributed by atoms with van der Waals surface area (Å²) in [7, 11) is 0. The number of carbonyl (C=O) groups is 3. The molecule has 6 nitrogen and oxygen atoms in total. The Bertz CT molecular complexity index is 685. The molecule has 3 N–H and O–H groups in total. The van der Waals surface area contributed by atoms with E-state index in [-0.39, 0.29) is 18.5 Å². The molecule has 7 heteroatoms. The maximum atomic E-state index is 11.6. The molecule has 0 aromatic carbocycles. The molecule has 0 aromatic rings. The van der Waals surface area contributed by atoms with Crippen molar-refractivity contribution in [1.82, 2.24) is 5.32 Å². The van der Waals surface area contributed by atoms with Gasteiger partial charge in [-0.3, -0.25) is 9.59 Å². The van der Waals surface area contributed by atoms with Crippen LogP contribution in [0.2, 0.25) is 0 Å². The van der Waals surface area contributed by atoms with Crippen molar-refractivity contribution in [1.29, 1.82) is 0 Å². The predicted molar refractivity (Wildman–Crippen MR) is 119 cm³/mol. The van der Waals surface area contributed by atoms with Crippen LogP contribution in [0.1, 0.15) is 66.2 Å². The molecule has 29 heavy (non-hydrogen) atoms. The number of allylic oxidation sites excluding steroid dienone is 5. The maximum absolute atomic E-state index is 11.6. The van der Waals surface area contributed by atoms with Crippen molar-refractivity contribution in [3.8, 4) is 0 Å². The average molecular weight is 424 g/mol. The van der Waals surface area contributed by atoms with Gasteiger partial charge < -0.3 is 15.5 Å².